The van der Waals surface area contributed by atoms with Gasteiger partial charge < -0.3 is 16.0 Å². The molecule has 0 saturated heterocycles. The number of hydrogen-bond acceptors (Lipinski definition) is 2. The quantitative estimate of drug-likeness (QED) is 0.140. The summed E-state index contributed by atoms with van der Waals surface area (Å²) in [5, 5.41) is 9.18. The first-order valence-corrected chi connectivity index (χ1v) is 11.3. The Kier molecular flexibility index (Phi) is 12.2. The van der Waals surface area contributed by atoms with Gasteiger partial charge in [-0.1, -0.05) is 103 Å². The molecule has 1 aromatic rings. The van der Waals surface area contributed by atoms with Crippen molar-refractivity contribution < 1.29 is 4.79 Å². The zero-order valence-corrected chi connectivity index (χ0v) is 20.1. The summed E-state index contributed by atoms with van der Waals surface area (Å²) in [5.74, 6) is -0.224. The molecule has 0 saturated carbocycles. The van der Waals surface area contributed by atoms with Gasteiger partial charge in [-0.05, 0) is 30.8 Å². The molecule has 0 aliphatic rings. The highest BCUT2D eigenvalue weighted by Gasteiger charge is 2.34. The van der Waals surface area contributed by atoms with Crippen molar-refractivity contribution in [3.63, 3.8) is 0 Å². The molecule has 1 aromatic carbocycles. The fourth-order valence-corrected chi connectivity index (χ4v) is 3.44. The molecule has 0 aliphatic heterocycles. The lowest BCUT2D eigenvalue weighted by atomic mass is 10.1. The third kappa shape index (κ3) is 10.0. The first-order valence-electron chi connectivity index (χ1n) is 9.02. The Morgan fingerprint density at radius 1 is 1.04 bits per heavy atom. The van der Waals surface area contributed by atoms with E-state index in [1.807, 2.05) is 0 Å². The summed E-state index contributed by atoms with van der Waals surface area (Å²) in [4.78, 5) is 12.2. The van der Waals surface area contributed by atoms with Crippen LogP contribution in [0.1, 0.15) is 51.9 Å². The van der Waals surface area contributed by atoms with Gasteiger partial charge in [0.25, 0.3) is 0 Å². The van der Waals surface area contributed by atoms with Gasteiger partial charge in [0.05, 0.1) is 15.7 Å². The molecular weight excluding hydrogens is 484 g/mol. The average Bonchev–Trinajstić information content (AvgIpc) is 2.60. The van der Waals surface area contributed by atoms with Crippen LogP contribution in [0, 0.1) is 0 Å². The number of carbonyl (C=O) groups is 1. The fraction of sp³-hybridized carbons (Fsp3) is 0.556. The fourth-order valence-electron chi connectivity index (χ4n) is 2.40. The van der Waals surface area contributed by atoms with Crippen LogP contribution in [0.15, 0.2) is 18.2 Å². The maximum atomic E-state index is 12.2. The van der Waals surface area contributed by atoms with Gasteiger partial charge in [-0.15, -0.1) is 0 Å². The number of hydrogen-bond donors (Lipinski definition) is 3. The molecule has 0 heterocycles. The highest BCUT2D eigenvalue weighted by atomic mass is 35.6. The van der Waals surface area contributed by atoms with Gasteiger partial charge in [-0.25, -0.2) is 0 Å². The number of rotatable bonds is 10. The zero-order chi connectivity index (χ0) is 21.2. The van der Waals surface area contributed by atoms with Crippen molar-refractivity contribution in [1.82, 2.24) is 10.6 Å². The van der Waals surface area contributed by atoms with Gasteiger partial charge in [0.1, 0.15) is 6.17 Å². The van der Waals surface area contributed by atoms with Crippen molar-refractivity contribution in [2.24, 2.45) is 0 Å². The number of halogens is 5. The van der Waals surface area contributed by atoms with Gasteiger partial charge in [0.15, 0.2) is 5.11 Å². The van der Waals surface area contributed by atoms with Crippen molar-refractivity contribution in [1.29, 1.82) is 0 Å². The number of carbonyl (C=O) groups excluding carboxylic acids is 1. The molecular formula is C18H24Cl5N3OS. The molecule has 1 unspecified atom stereocenters. The number of anilines is 1. The van der Waals surface area contributed by atoms with Crippen LogP contribution in [0.4, 0.5) is 5.69 Å². The van der Waals surface area contributed by atoms with Crippen molar-refractivity contribution in [3.05, 3.63) is 28.2 Å². The summed E-state index contributed by atoms with van der Waals surface area (Å²) in [5.41, 5.74) is 0.421. The van der Waals surface area contributed by atoms with E-state index in [9.17, 15) is 4.79 Å². The van der Waals surface area contributed by atoms with E-state index in [0.29, 0.717) is 22.2 Å². The van der Waals surface area contributed by atoms with Crippen LogP contribution in [-0.4, -0.2) is 21.0 Å². The zero-order valence-electron chi connectivity index (χ0n) is 15.5. The lowest BCUT2D eigenvalue weighted by Crippen LogP contribution is -2.56. The second kappa shape index (κ2) is 13.2. The first kappa shape index (κ1) is 25.9. The Bertz CT molecular complexity index is 634. The summed E-state index contributed by atoms with van der Waals surface area (Å²) in [6, 6.07) is 5.03. The molecule has 4 nitrogen and oxygen atoms in total. The van der Waals surface area contributed by atoms with E-state index < -0.39 is 9.96 Å². The van der Waals surface area contributed by atoms with Crippen LogP contribution < -0.4 is 16.0 Å². The summed E-state index contributed by atoms with van der Waals surface area (Å²) < 4.78 is -1.81. The van der Waals surface area contributed by atoms with Gasteiger partial charge in [-0.2, -0.15) is 0 Å². The normalized spacial score (nSPS) is 12.4. The topological polar surface area (TPSA) is 53.2 Å². The van der Waals surface area contributed by atoms with Crippen molar-refractivity contribution in [2.45, 2.75) is 61.8 Å². The maximum absolute atomic E-state index is 12.2. The lowest BCUT2D eigenvalue weighted by molar-refractivity contribution is -0.122. The number of benzene rings is 1. The van der Waals surface area contributed by atoms with Crippen LogP contribution in [0.3, 0.4) is 0 Å². The number of thiocarbonyl (C=S) groups is 1. The molecule has 28 heavy (non-hydrogen) atoms. The minimum atomic E-state index is -1.81. The minimum Gasteiger partial charge on any atom is -0.339 e. The molecule has 0 fully saturated rings. The molecule has 0 aromatic heterocycles. The lowest BCUT2D eigenvalue weighted by Gasteiger charge is -2.28. The van der Waals surface area contributed by atoms with E-state index in [0.717, 1.165) is 19.3 Å². The largest absolute Gasteiger partial charge is 0.339 e. The van der Waals surface area contributed by atoms with E-state index in [2.05, 4.69) is 22.9 Å². The van der Waals surface area contributed by atoms with E-state index in [1.165, 1.54) is 19.3 Å². The summed E-state index contributed by atoms with van der Waals surface area (Å²) in [7, 11) is 0. The standard InChI is InChI=1S/C18H24Cl5N3OS/c1-2-3-4-5-6-7-11-14(27)24-16(18(21,22)23)26-17(28)25-15-12(19)9-8-10-13(15)20/h8-10,16H,2-7,11H2,1H3,(H,24,27)(H2,25,26,28). The van der Waals surface area contributed by atoms with Crippen molar-refractivity contribution >= 4 is 86.9 Å². The van der Waals surface area contributed by atoms with Gasteiger partial charge in [0, 0.05) is 6.42 Å². The average molecular weight is 508 g/mol. The number of amides is 1. The van der Waals surface area contributed by atoms with Crippen molar-refractivity contribution in [2.75, 3.05) is 5.32 Å². The summed E-state index contributed by atoms with van der Waals surface area (Å²) in [6.07, 6.45) is 5.79. The molecule has 0 aliphatic carbocycles. The minimum absolute atomic E-state index is 0.103. The van der Waals surface area contributed by atoms with Crippen LogP contribution >= 0.6 is 70.2 Å². The number of alkyl halides is 3. The van der Waals surface area contributed by atoms with Crippen molar-refractivity contribution in [3.8, 4) is 0 Å². The molecule has 3 N–H and O–H groups in total. The smallest absolute Gasteiger partial charge is 0.228 e. The van der Waals surface area contributed by atoms with Crippen LogP contribution in [-0.2, 0) is 4.79 Å². The number of unbranched alkanes of at least 4 members (excludes halogenated alkanes) is 5. The Balaban J connectivity index is 2.56. The Labute approximate surface area is 196 Å². The Morgan fingerprint density at radius 3 is 2.18 bits per heavy atom. The monoisotopic (exact) mass is 505 g/mol. The van der Waals surface area contributed by atoms with Crippen LogP contribution in [0.25, 0.3) is 0 Å². The molecule has 1 rings (SSSR count). The second-order valence-electron chi connectivity index (χ2n) is 6.26. The molecule has 1 amide bonds. The predicted octanol–water partition coefficient (Wildman–Crippen LogP) is 6.84. The Morgan fingerprint density at radius 2 is 1.61 bits per heavy atom. The van der Waals surface area contributed by atoms with E-state index >= 15 is 0 Å². The first-order chi connectivity index (χ1) is 13.1. The molecule has 0 radical (unpaired) electrons. The van der Waals surface area contributed by atoms with Crippen LogP contribution in [0.5, 0.6) is 0 Å². The van der Waals surface area contributed by atoms with Gasteiger partial charge in [0.2, 0.25) is 9.70 Å². The third-order valence-electron chi connectivity index (χ3n) is 3.87. The highest BCUT2D eigenvalue weighted by Crippen LogP contribution is 2.31. The van der Waals surface area contributed by atoms with E-state index in [4.69, 9.17) is 70.2 Å². The molecule has 10 heteroatoms. The number of para-hydroxylation sites is 1. The van der Waals surface area contributed by atoms with Gasteiger partial charge >= 0.3 is 0 Å². The van der Waals surface area contributed by atoms with Gasteiger partial charge in [-0.3, -0.25) is 4.79 Å². The maximum Gasteiger partial charge on any atom is 0.228 e. The third-order valence-corrected chi connectivity index (χ3v) is 5.37. The predicted molar refractivity (Wildman–Crippen MR) is 126 cm³/mol. The number of nitrogens with one attached hydrogen (secondary N) is 3. The van der Waals surface area contributed by atoms with Crippen LogP contribution in [0.2, 0.25) is 10.0 Å². The molecule has 0 bridgehead atoms. The SMILES string of the molecule is CCCCCCCCC(=O)NC(NC(=S)Nc1c(Cl)cccc1Cl)C(Cl)(Cl)Cl. The summed E-state index contributed by atoms with van der Waals surface area (Å²) >= 11 is 35.4. The molecule has 0 spiro atoms. The highest BCUT2D eigenvalue weighted by molar-refractivity contribution is 7.80. The van der Waals surface area contributed by atoms with E-state index in [-0.39, 0.29) is 11.0 Å². The molecule has 158 valence electrons. The second-order valence-corrected chi connectivity index (χ2v) is 9.85. The molecule has 1 atom stereocenters. The summed E-state index contributed by atoms with van der Waals surface area (Å²) in [6.45, 7) is 2.16. The van der Waals surface area contributed by atoms with E-state index in [1.54, 1.807) is 18.2 Å². The Hall–Kier alpha value is -0.170.